The van der Waals surface area contributed by atoms with Crippen LogP contribution in [0.1, 0.15) is 24.0 Å². The smallest absolute Gasteiger partial charge is 0.127 e. The number of fused-ring (bicyclic) bond motifs is 4. The van der Waals surface area contributed by atoms with Gasteiger partial charge in [0, 0.05) is 49.9 Å². The van der Waals surface area contributed by atoms with Crippen molar-refractivity contribution in [1.82, 2.24) is 9.80 Å². The van der Waals surface area contributed by atoms with Crippen LogP contribution >= 0.6 is 0 Å². The summed E-state index contributed by atoms with van der Waals surface area (Å²) in [6, 6.07) is 17.5. The lowest BCUT2D eigenvalue weighted by Gasteiger charge is -2.45. The van der Waals surface area contributed by atoms with Gasteiger partial charge in [-0.05, 0) is 24.5 Å². The quantitative estimate of drug-likeness (QED) is 0.568. The normalized spacial score (nSPS) is 24.0. The van der Waals surface area contributed by atoms with Crippen molar-refractivity contribution >= 4 is 0 Å². The molecule has 2 bridgehead atoms. The highest BCUT2D eigenvalue weighted by Gasteiger charge is 2.41. The maximum Gasteiger partial charge on any atom is 0.127 e. The van der Waals surface area contributed by atoms with E-state index in [-0.39, 0.29) is 6.10 Å². The van der Waals surface area contributed by atoms with Crippen LogP contribution in [0.15, 0.2) is 61.2 Å². The molecule has 2 aromatic carbocycles. The minimum atomic E-state index is 0.212. The van der Waals surface area contributed by atoms with E-state index in [1.807, 2.05) is 24.3 Å². The number of methoxy groups -OCH3 is 2. The topological polar surface area (TPSA) is 34.2 Å². The van der Waals surface area contributed by atoms with Gasteiger partial charge in [-0.3, -0.25) is 9.80 Å². The molecule has 166 valence electrons. The van der Waals surface area contributed by atoms with Crippen LogP contribution in [-0.2, 0) is 17.9 Å². The number of ether oxygens (including phenoxy) is 3. The lowest BCUT2D eigenvalue weighted by Crippen LogP contribution is -2.58. The number of piperazine rings is 1. The van der Waals surface area contributed by atoms with Gasteiger partial charge in [0.1, 0.15) is 11.5 Å². The second-order valence-electron chi connectivity index (χ2n) is 8.48. The van der Waals surface area contributed by atoms with E-state index >= 15 is 0 Å². The fourth-order valence-corrected chi connectivity index (χ4v) is 4.95. The molecule has 5 rings (SSSR count). The van der Waals surface area contributed by atoms with Gasteiger partial charge in [-0.2, -0.15) is 0 Å². The predicted molar refractivity (Wildman–Crippen MR) is 124 cm³/mol. The highest BCUT2D eigenvalue weighted by molar-refractivity contribution is 5.40. The number of nitrogens with zero attached hydrogens (tertiary/aromatic N) is 2. The van der Waals surface area contributed by atoms with Gasteiger partial charge in [-0.15, -0.1) is 6.58 Å². The molecule has 3 heterocycles. The van der Waals surface area contributed by atoms with Gasteiger partial charge in [-0.1, -0.05) is 42.5 Å². The summed E-state index contributed by atoms with van der Waals surface area (Å²) in [5.41, 5.74) is 2.42. The molecule has 0 aromatic heterocycles. The lowest BCUT2D eigenvalue weighted by atomic mass is 10.0. The van der Waals surface area contributed by atoms with Crippen LogP contribution in [0, 0.1) is 0 Å². The first-order valence-electron chi connectivity index (χ1n) is 11.2. The molecule has 0 saturated carbocycles. The van der Waals surface area contributed by atoms with E-state index in [1.165, 1.54) is 11.1 Å². The highest BCUT2D eigenvalue weighted by atomic mass is 16.5. The Hall–Kier alpha value is -2.34. The van der Waals surface area contributed by atoms with Crippen molar-refractivity contribution in [2.24, 2.45) is 0 Å². The average molecular weight is 423 g/mol. The van der Waals surface area contributed by atoms with E-state index < -0.39 is 0 Å². The van der Waals surface area contributed by atoms with E-state index in [0.29, 0.717) is 18.7 Å². The molecule has 3 aliphatic rings. The van der Waals surface area contributed by atoms with Crippen LogP contribution in [0.4, 0.5) is 0 Å². The largest absolute Gasteiger partial charge is 0.497 e. The molecule has 2 aromatic rings. The standard InChI is InChI=1S/C26H34N2O3/c1-4-14-27-18-24-25(31-19-20-8-6-5-7-9-20)13-11-22(27)17-28(24)16-21-10-12-23(29-2)15-26(21)30-3/h4-10,12,15,22,24-25H,1,11,13-14,16-19H2,2-3H3/t22-,24+,25-/m1/s1. The van der Waals surface area contributed by atoms with E-state index in [0.717, 1.165) is 50.5 Å². The Morgan fingerprint density at radius 3 is 2.58 bits per heavy atom. The number of benzene rings is 2. The molecule has 0 unspecified atom stereocenters. The molecule has 3 saturated heterocycles. The van der Waals surface area contributed by atoms with Gasteiger partial charge in [0.05, 0.1) is 26.9 Å². The van der Waals surface area contributed by atoms with Gasteiger partial charge in [0.2, 0.25) is 0 Å². The predicted octanol–water partition coefficient (Wildman–Crippen LogP) is 4.12. The molecular formula is C26H34N2O3. The summed E-state index contributed by atoms with van der Waals surface area (Å²) in [5, 5.41) is 0. The SMILES string of the molecule is C=CCN1C[C@H]2[C@H](OCc3ccccc3)CC[C@@H]1CN2Cc1ccc(OC)cc1OC. The third-order valence-corrected chi connectivity index (χ3v) is 6.60. The van der Waals surface area contributed by atoms with Crippen LogP contribution in [0.5, 0.6) is 11.5 Å². The first-order chi connectivity index (χ1) is 15.2. The van der Waals surface area contributed by atoms with Crippen molar-refractivity contribution in [3.8, 4) is 11.5 Å². The van der Waals surface area contributed by atoms with Crippen molar-refractivity contribution in [3.63, 3.8) is 0 Å². The number of hydrogen-bond donors (Lipinski definition) is 0. The highest BCUT2D eigenvalue weighted by Crippen LogP contribution is 2.33. The maximum atomic E-state index is 6.52. The second kappa shape index (κ2) is 10.3. The summed E-state index contributed by atoms with van der Waals surface area (Å²) in [5.74, 6) is 1.70. The molecule has 3 atom stereocenters. The summed E-state index contributed by atoms with van der Waals surface area (Å²) in [4.78, 5) is 5.17. The second-order valence-corrected chi connectivity index (χ2v) is 8.48. The Labute approximate surface area is 186 Å². The van der Waals surface area contributed by atoms with Crippen LogP contribution in [0.2, 0.25) is 0 Å². The lowest BCUT2D eigenvalue weighted by molar-refractivity contribution is -0.0469. The van der Waals surface area contributed by atoms with E-state index in [9.17, 15) is 0 Å². The first kappa shape index (κ1) is 21.9. The maximum absolute atomic E-state index is 6.52. The summed E-state index contributed by atoms with van der Waals surface area (Å²) >= 11 is 0. The third kappa shape index (κ3) is 5.12. The molecule has 3 aliphatic heterocycles. The zero-order valence-electron chi connectivity index (χ0n) is 18.7. The number of hydrogen-bond acceptors (Lipinski definition) is 5. The first-order valence-corrected chi connectivity index (χ1v) is 11.2. The Balaban J connectivity index is 1.53. The Morgan fingerprint density at radius 1 is 1.00 bits per heavy atom. The fourth-order valence-electron chi connectivity index (χ4n) is 4.95. The van der Waals surface area contributed by atoms with Crippen LogP contribution in [0.25, 0.3) is 0 Å². The molecular weight excluding hydrogens is 388 g/mol. The summed E-state index contributed by atoms with van der Waals surface area (Å²) in [6.07, 6.45) is 4.48. The molecule has 0 aliphatic carbocycles. The van der Waals surface area contributed by atoms with Crippen molar-refractivity contribution in [3.05, 3.63) is 72.3 Å². The molecule has 5 heteroatoms. The molecule has 0 N–H and O–H groups in total. The monoisotopic (exact) mass is 422 g/mol. The Morgan fingerprint density at radius 2 is 1.84 bits per heavy atom. The van der Waals surface area contributed by atoms with Crippen molar-refractivity contribution in [2.75, 3.05) is 33.9 Å². The molecule has 5 nitrogen and oxygen atoms in total. The van der Waals surface area contributed by atoms with Crippen molar-refractivity contribution in [1.29, 1.82) is 0 Å². The minimum absolute atomic E-state index is 0.212. The van der Waals surface area contributed by atoms with Crippen LogP contribution in [-0.4, -0.2) is 61.8 Å². The van der Waals surface area contributed by atoms with Gasteiger partial charge >= 0.3 is 0 Å². The number of rotatable bonds is 9. The Kier molecular flexibility index (Phi) is 7.28. The summed E-state index contributed by atoms with van der Waals surface area (Å²) in [7, 11) is 3.41. The van der Waals surface area contributed by atoms with E-state index in [2.05, 4.69) is 46.7 Å². The van der Waals surface area contributed by atoms with Crippen molar-refractivity contribution in [2.45, 2.75) is 44.2 Å². The molecule has 0 radical (unpaired) electrons. The fraction of sp³-hybridized carbons (Fsp3) is 0.462. The Bertz CT molecular complexity index is 857. The minimum Gasteiger partial charge on any atom is -0.497 e. The van der Waals surface area contributed by atoms with E-state index in [1.54, 1.807) is 14.2 Å². The molecule has 31 heavy (non-hydrogen) atoms. The van der Waals surface area contributed by atoms with Crippen molar-refractivity contribution < 1.29 is 14.2 Å². The van der Waals surface area contributed by atoms with Gasteiger partial charge in [0.15, 0.2) is 0 Å². The van der Waals surface area contributed by atoms with Crippen LogP contribution in [0.3, 0.4) is 0 Å². The molecule has 3 fully saturated rings. The van der Waals surface area contributed by atoms with E-state index in [4.69, 9.17) is 14.2 Å². The van der Waals surface area contributed by atoms with Crippen LogP contribution < -0.4 is 9.47 Å². The van der Waals surface area contributed by atoms with Gasteiger partial charge in [0.25, 0.3) is 0 Å². The third-order valence-electron chi connectivity index (χ3n) is 6.60. The molecule has 0 spiro atoms. The summed E-state index contributed by atoms with van der Waals surface area (Å²) in [6.45, 7) is 8.47. The zero-order valence-corrected chi connectivity index (χ0v) is 18.7. The summed E-state index contributed by atoms with van der Waals surface area (Å²) < 4.78 is 17.6. The van der Waals surface area contributed by atoms with Gasteiger partial charge in [-0.25, -0.2) is 0 Å². The average Bonchev–Trinajstić information content (AvgIpc) is 3.08. The molecule has 0 amide bonds. The van der Waals surface area contributed by atoms with Gasteiger partial charge < -0.3 is 14.2 Å². The zero-order chi connectivity index (χ0) is 21.6.